The molecule has 0 fully saturated rings. The maximum absolute atomic E-state index is 13.0. The smallest absolute Gasteiger partial charge is 0.284 e. The minimum absolute atomic E-state index is 0.0220. The van der Waals surface area contributed by atoms with E-state index in [2.05, 4.69) is 0 Å². The van der Waals surface area contributed by atoms with Gasteiger partial charge in [-0.15, -0.1) is 0 Å². The molecule has 15 heavy (non-hydrogen) atoms. The molecule has 1 aromatic carbocycles. The second-order valence-electron chi connectivity index (χ2n) is 2.91. The average molecular weight is 241 g/mol. The van der Waals surface area contributed by atoms with E-state index in [1.807, 2.05) is 0 Å². The van der Waals surface area contributed by atoms with Crippen LogP contribution in [0.4, 0.5) is 17.6 Å². The van der Waals surface area contributed by atoms with E-state index in [1.54, 1.807) is 0 Å². The number of rotatable bonds is 1. The maximum atomic E-state index is 13.0. The van der Waals surface area contributed by atoms with Crippen molar-refractivity contribution in [2.75, 3.05) is 0 Å². The molecular formula is C9H5ClF4O. The summed E-state index contributed by atoms with van der Waals surface area (Å²) in [6.07, 6.45) is -5.08. The lowest BCUT2D eigenvalue weighted by Crippen LogP contribution is -2.24. The molecule has 1 nitrogen and oxygen atoms in total. The van der Waals surface area contributed by atoms with Gasteiger partial charge < -0.3 is 0 Å². The Balaban J connectivity index is 3.28. The van der Waals surface area contributed by atoms with Gasteiger partial charge in [-0.1, -0.05) is 11.6 Å². The van der Waals surface area contributed by atoms with Gasteiger partial charge in [-0.2, -0.15) is 13.2 Å². The van der Waals surface area contributed by atoms with Crippen LogP contribution in [0.3, 0.4) is 0 Å². The van der Waals surface area contributed by atoms with Crippen LogP contribution in [0.25, 0.3) is 0 Å². The fraction of sp³-hybridized carbons (Fsp3) is 0.222. The molecular weight excluding hydrogens is 236 g/mol. The van der Waals surface area contributed by atoms with Crippen molar-refractivity contribution < 1.29 is 22.4 Å². The lowest BCUT2D eigenvalue weighted by Gasteiger charge is -2.07. The summed E-state index contributed by atoms with van der Waals surface area (Å²) in [6, 6.07) is 1.48. The van der Waals surface area contributed by atoms with Gasteiger partial charge in [0.25, 0.3) is 5.78 Å². The molecule has 0 N–H and O–H groups in total. The highest BCUT2D eigenvalue weighted by Gasteiger charge is 2.40. The van der Waals surface area contributed by atoms with Crippen LogP contribution in [0.1, 0.15) is 15.9 Å². The Morgan fingerprint density at radius 1 is 1.33 bits per heavy atom. The summed E-state index contributed by atoms with van der Waals surface area (Å²) in [5, 5.41) is -0.0220. The van der Waals surface area contributed by atoms with Gasteiger partial charge in [0.05, 0.1) is 5.56 Å². The molecule has 0 bridgehead atoms. The van der Waals surface area contributed by atoms with Crippen LogP contribution in [0.2, 0.25) is 5.02 Å². The van der Waals surface area contributed by atoms with Gasteiger partial charge in [-0.3, -0.25) is 4.79 Å². The molecule has 0 saturated heterocycles. The third-order valence-electron chi connectivity index (χ3n) is 1.75. The normalized spacial score (nSPS) is 11.6. The molecule has 1 rings (SSSR count). The van der Waals surface area contributed by atoms with E-state index in [0.717, 1.165) is 6.07 Å². The number of carbonyl (C=O) groups is 1. The second kappa shape index (κ2) is 3.81. The summed E-state index contributed by atoms with van der Waals surface area (Å²) < 4.78 is 49.0. The Hall–Kier alpha value is -1.10. The van der Waals surface area contributed by atoms with Crippen molar-refractivity contribution in [3.8, 4) is 0 Å². The van der Waals surface area contributed by atoms with E-state index >= 15 is 0 Å². The van der Waals surface area contributed by atoms with Gasteiger partial charge >= 0.3 is 6.18 Å². The van der Waals surface area contributed by atoms with Gasteiger partial charge in [-0.25, -0.2) is 4.39 Å². The molecule has 0 amide bonds. The lowest BCUT2D eigenvalue weighted by atomic mass is 10.1. The van der Waals surface area contributed by atoms with E-state index in [9.17, 15) is 22.4 Å². The maximum Gasteiger partial charge on any atom is 0.454 e. The quantitative estimate of drug-likeness (QED) is 0.542. The third kappa shape index (κ3) is 2.47. The first-order valence-corrected chi connectivity index (χ1v) is 4.18. The minimum atomic E-state index is -5.08. The standard InChI is InChI=1S/C9H5ClF4O/c1-4-2-5(7(11)3-6(4)10)8(15)9(12,13)14/h2-3H,1H3. The number of hydrogen-bond acceptors (Lipinski definition) is 1. The first kappa shape index (κ1) is 12.0. The van der Waals surface area contributed by atoms with Crippen LogP contribution in [-0.2, 0) is 0 Å². The van der Waals surface area contributed by atoms with Crippen LogP contribution in [0.5, 0.6) is 0 Å². The van der Waals surface area contributed by atoms with Crippen molar-refractivity contribution in [3.63, 3.8) is 0 Å². The highest BCUT2D eigenvalue weighted by Crippen LogP contribution is 2.26. The molecule has 0 aromatic heterocycles. The molecule has 0 heterocycles. The zero-order valence-electron chi connectivity index (χ0n) is 7.45. The summed E-state index contributed by atoms with van der Waals surface area (Å²) in [5.74, 6) is -3.48. The summed E-state index contributed by atoms with van der Waals surface area (Å²) in [4.78, 5) is 10.7. The van der Waals surface area contributed by atoms with Gasteiger partial charge in [0.1, 0.15) is 5.82 Å². The zero-order valence-corrected chi connectivity index (χ0v) is 8.21. The molecule has 6 heteroatoms. The summed E-state index contributed by atoms with van der Waals surface area (Å²) >= 11 is 5.47. The number of alkyl halides is 3. The van der Waals surface area contributed by atoms with Crippen LogP contribution >= 0.6 is 11.6 Å². The Kier molecular flexibility index (Phi) is 3.04. The molecule has 0 aliphatic heterocycles. The third-order valence-corrected chi connectivity index (χ3v) is 2.16. The number of ketones is 1. The van der Waals surface area contributed by atoms with Crippen LogP contribution in [0, 0.1) is 12.7 Å². The van der Waals surface area contributed by atoms with Crippen molar-refractivity contribution in [2.24, 2.45) is 0 Å². The number of hydrogen-bond donors (Lipinski definition) is 0. The zero-order chi connectivity index (χ0) is 11.8. The first-order chi connectivity index (χ1) is 6.73. The van der Waals surface area contributed by atoms with Crippen molar-refractivity contribution in [1.29, 1.82) is 0 Å². The summed E-state index contributed by atoms with van der Waals surface area (Å²) in [7, 11) is 0. The molecule has 0 unspecified atom stereocenters. The number of carbonyl (C=O) groups excluding carboxylic acids is 1. The molecule has 0 spiro atoms. The fourth-order valence-electron chi connectivity index (χ4n) is 0.984. The second-order valence-corrected chi connectivity index (χ2v) is 3.32. The average Bonchev–Trinajstić information content (AvgIpc) is 2.08. The number of halogens is 5. The van der Waals surface area contributed by atoms with Crippen molar-refractivity contribution in [2.45, 2.75) is 13.1 Å². The lowest BCUT2D eigenvalue weighted by molar-refractivity contribution is -0.0887. The minimum Gasteiger partial charge on any atom is -0.284 e. The monoisotopic (exact) mass is 240 g/mol. The molecule has 1 aromatic rings. The molecule has 0 radical (unpaired) electrons. The fourth-order valence-corrected chi connectivity index (χ4v) is 1.13. The Morgan fingerprint density at radius 2 is 1.87 bits per heavy atom. The van der Waals surface area contributed by atoms with Crippen molar-refractivity contribution >= 4 is 17.4 Å². The first-order valence-electron chi connectivity index (χ1n) is 3.80. The molecule has 0 atom stereocenters. The van der Waals surface area contributed by atoms with E-state index in [4.69, 9.17) is 11.6 Å². The van der Waals surface area contributed by atoms with Gasteiger partial charge in [-0.05, 0) is 24.6 Å². The Labute approximate surface area is 87.7 Å². The largest absolute Gasteiger partial charge is 0.454 e. The predicted octanol–water partition coefficient (Wildman–Crippen LogP) is 3.53. The van der Waals surface area contributed by atoms with E-state index in [-0.39, 0.29) is 10.6 Å². The highest BCUT2D eigenvalue weighted by atomic mass is 35.5. The Morgan fingerprint density at radius 3 is 2.33 bits per heavy atom. The van der Waals surface area contributed by atoms with Crippen LogP contribution < -0.4 is 0 Å². The highest BCUT2D eigenvalue weighted by molar-refractivity contribution is 6.31. The number of benzene rings is 1. The summed E-state index contributed by atoms with van der Waals surface area (Å²) in [6.45, 7) is 1.38. The summed E-state index contributed by atoms with van der Waals surface area (Å²) in [5.41, 5.74) is -0.796. The van der Waals surface area contributed by atoms with E-state index < -0.39 is 23.3 Å². The topological polar surface area (TPSA) is 17.1 Å². The molecule has 0 saturated carbocycles. The Bertz CT molecular complexity index is 411. The molecule has 82 valence electrons. The van der Waals surface area contributed by atoms with Gasteiger partial charge in [0, 0.05) is 5.02 Å². The van der Waals surface area contributed by atoms with Gasteiger partial charge in [0.2, 0.25) is 0 Å². The number of Topliss-reactive ketones (excluding diaryl/α,β-unsaturated/α-hetero) is 1. The SMILES string of the molecule is Cc1cc(C(=O)C(F)(F)F)c(F)cc1Cl. The molecule has 0 aliphatic rings. The van der Waals surface area contributed by atoms with Crippen LogP contribution in [0.15, 0.2) is 12.1 Å². The van der Waals surface area contributed by atoms with Crippen molar-refractivity contribution in [3.05, 3.63) is 34.1 Å². The number of aryl methyl sites for hydroxylation is 1. The predicted molar refractivity (Wildman–Crippen MR) is 46.5 cm³/mol. The van der Waals surface area contributed by atoms with E-state index in [1.165, 1.54) is 6.92 Å². The molecule has 0 aliphatic carbocycles. The van der Waals surface area contributed by atoms with Crippen LogP contribution in [-0.4, -0.2) is 12.0 Å². The van der Waals surface area contributed by atoms with E-state index in [0.29, 0.717) is 6.07 Å². The van der Waals surface area contributed by atoms with Crippen molar-refractivity contribution in [1.82, 2.24) is 0 Å². The van der Waals surface area contributed by atoms with Gasteiger partial charge in [0.15, 0.2) is 0 Å².